The van der Waals surface area contributed by atoms with Gasteiger partial charge < -0.3 is 10.4 Å². The maximum atomic E-state index is 9.28. The highest BCUT2D eigenvalue weighted by molar-refractivity contribution is 7.12. The molecule has 2 nitrogen and oxygen atoms in total. The second kappa shape index (κ2) is 5.10. The second-order valence-corrected chi connectivity index (χ2v) is 5.82. The summed E-state index contributed by atoms with van der Waals surface area (Å²) in [6.07, 6.45) is 0.936. The van der Waals surface area contributed by atoms with Crippen LogP contribution in [0.2, 0.25) is 0 Å². The minimum absolute atomic E-state index is 0.151. The zero-order valence-corrected chi connectivity index (χ0v) is 10.9. The molecule has 86 valence electrons. The Balaban J connectivity index is 2.60. The average molecular weight is 227 g/mol. The number of thiophene rings is 1. The minimum Gasteiger partial charge on any atom is -0.394 e. The second-order valence-electron chi connectivity index (χ2n) is 4.36. The third kappa shape index (κ3) is 3.30. The van der Waals surface area contributed by atoms with Crippen LogP contribution in [0.25, 0.3) is 0 Å². The van der Waals surface area contributed by atoms with Crippen molar-refractivity contribution in [3.8, 4) is 0 Å². The Labute approximate surface area is 96.3 Å². The SMILES string of the molecule is CCC(C)(CO)NCc1cc(C)sc1C. The van der Waals surface area contributed by atoms with Gasteiger partial charge in [0.05, 0.1) is 6.61 Å². The molecule has 15 heavy (non-hydrogen) atoms. The first-order valence-corrected chi connectivity index (χ1v) is 6.24. The Morgan fingerprint density at radius 2 is 2.13 bits per heavy atom. The molecule has 1 atom stereocenters. The number of nitrogens with one attached hydrogen (secondary N) is 1. The molecule has 0 radical (unpaired) electrons. The van der Waals surface area contributed by atoms with E-state index in [-0.39, 0.29) is 12.1 Å². The monoisotopic (exact) mass is 227 g/mol. The third-order valence-electron chi connectivity index (χ3n) is 2.98. The van der Waals surface area contributed by atoms with Crippen LogP contribution in [0.5, 0.6) is 0 Å². The molecule has 0 aliphatic heterocycles. The van der Waals surface area contributed by atoms with Crippen molar-refractivity contribution >= 4 is 11.3 Å². The Morgan fingerprint density at radius 1 is 1.47 bits per heavy atom. The van der Waals surface area contributed by atoms with Gasteiger partial charge in [-0.15, -0.1) is 11.3 Å². The van der Waals surface area contributed by atoms with Crippen molar-refractivity contribution in [3.63, 3.8) is 0 Å². The molecule has 0 aliphatic rings. The van der Waals surface area contributed by atoms with Gasteiger partial charge in [-0.05, 0) is 38.8 Å². The van der Waals surface area contributed by atoms with Crippen molar-refractivity contribution in [1.82, 2.24) is 5.32 Å². The molecule has 0 spiro atoms. The molecule has 0 bridgehead atoms. The van der Waals surface area contributed by atoms with E-state index >= 15 is 0 Å². The fourth-order valence-corrected chi connectivity index (χ4v) is 2.41. The van der Waals surface area contributed by atoms with Crippen molar-refractivity contribution in [3.05, 3.63) is 21.4 Å². The van der Waals surface area contributed by atoms with E-state index in [2.05, 4.69) is 39.1 Å². The molecular formula is C12H21NOS. The van der Waals surface area contributed by atoms with Gasteiger partial charge in [0.15, 0.2) is 0 Å². The summed E-state index contributed by atoms with van der Waals surface area (Å²) in [6.45, 7) is 9.46. The maximum absolute atomic E-state index is 9.28. The predicted molar refractivity (Wildman–Crippen MR) is 66.4 cm³/mol. The van der Waals surface area contributed by atoms with Crippen LogP contribution < -0.4 is 5.32 Å². The van der Waals surface area contributed by atoms with Crippen molar-refractivity contribution < 1.29 is 5.11 Å². The quantitative estimate of drug-likeness (QED) is 0.810. The normalized spacial score (nSPS) is 15.3. The van der Waals surface area contributed by atoms with E-state index in [4.69, 9.17) is 0 Å². The Morgan fingerprint density at radius 3 is 2.53 bits per heavy atom. The molecule has 1 heterocycles. The lowest BCUT2D eigenvalue weighted by molar-refractivity contribution is 0.169. The first-order valence-electron chi connectivity index (χ1n) is 5.42. The van der Waals surface area contributed by atoms with Crippen LogP contribution in [0.4, 0.5) is 0 Å². The molecule has 0 aromatic carbocycles. The maximum Gasteiger partial charge on any atom is 0.0610 e. The van der Waals surface area contributed by atoms with Crippen LogP contribution in [-0.2, 0) is 6.54 Å². The first-order chi connectivity index (χ1) is 7.00. The highest BCUT2D eigenvalue weighted by Crippen LogP contribution is 2.21. The number of hydrogen-bond acceptors (Lipinski definition) is 3. The molecule has 1 aromatic heterocycles. The van der Waals surface area contributed by atoms with Crippen LogP contribution in [0.3, 0.4) is 0 Å². The molecule has 0 aliphatic carbocycles. The Bertz CT molecular complexity index is 315. The predicted octanol–water partition coefficient (Wildman–Crippen LogP) is 2.62. The van der Waals surface area contributed by atoms with Gasteiger partial charge in [0.2, 0.25) is 0 Å². The molecule has 1 rings (SSSR count). The molecule has 1 unspecified atom stereocenters. The molecule has 0 amide bonds. The van der Waals surface area contributed by atoms with Gasteiger partial charge in [-0.3, -0.25) is 0 Å². The van der Waals surface area contributed by atoms with E-state index < -0.39 is 0 Å². The summed E-state index contributed by atoms with van der Waals surface area (Å²) >= 11 is 1.83. The van der Waals surface area contributed by atoms with E-state index in [1.807, 2.05) is 11.3 Å². The van der Waals surface area contributed by atoms with Gasteiger partial charge in [-0.25, -0.2) is 0 Å². The zero-order valence-electron chi connectivity index (χ0n) is 10.1. The van der Waals surface area contributed by atoms with E-state index in [1.165, 1.54) is 15.3 Å². The lowest BCUT2D eigenvalue weighted by Crippen LogP contribution is -2.44. The van der Waals surface area contributed by atoms with E-state index in [9.17, 15) is 5.11 Å². The van der Waals surface area contributed by atoms with Crippen molar-refractivity contribution in [1.29, 1.82) is 0 Å². The van der Waals surface area contributed by atoms with Gasteiger partial charge in [-0.2, -0.15) is 0 Å². The summed E-state index contributed by atoms with van der Waals surface area (Å²) in [7, 11) is 0. The van der Waals surface area contributed by atoms with E-state index in [1.54, 1.807) is 0 Å². The molecular weight excluding hydrogens is 206 g/mol. The molecule has 1 aromatic rings. The number of hydrogen-bond donors (Lipinski definition) is 2. The van der Waals surface area contributed by atoms with Crippen molar-refractivity contribution in [2.75, 3.05) is 6.61 Å². The lowest BCUT2D eigenvalue weighted by Gasteiger charge is -2.27. The van der Waals surface area contributed by atoms with E-state index in [0.717, 1.165) is 13.0 Å². The van der Waals surface area contributed by atoms with Crippen LogP contribution in [-0.4, -0.2) is 17.3 Å². The highest BCUT2D eigenvalue weighted by Gasteiger charge is 2.20. The standard InChI is InChI=1S/C12H21NOS/c1-5-12(4,8-14)13-7-11-6-9(2)15-10(11)3/h6,13-14H,5,7-8H2,1-4H3. The van der Waals surface area contributed by atoms with Gasteiger partial charge in [0.25, 0.3) is 0 Å². The topological polar surface area (TPSA) is 32.3 Å². The van der Waals surface area contributed by atoms with Crippen molar-refractivity contribution in [2.45, 2.75) is 46.2 Å². The minimum atomic E-state index is -0.151. The molecule has 0 saturated carbocycles. The third-order valence-corrected chi connectivity index (χ3v) is 3.99. The van der Waals surface area contributed by atoms with Crippen LogP contribution in [0.1, 0.15) is 35.6 Å². The molecule has 0 saturated heterocycles. The molecule has 2 N–H and O–H groups in total. The van der Waals surface area contributed by atoms with Crippen LogP contribution >= 0.6 is 11.3 Å². The number of aryl methyl sites for hydroxylation is 2. The van der Waals surface area contributed by atoms with Gasteiger partial charge in [0, 0.05) is 21.8 Å². The summed E-state index contributed by atoms with van der Waals surface area (Å²) in [6, 6.07) is 2.22. The number of aliphatic hydroxyl groups is 1. The number of aliphatic hydroxyl groups excluding tert-OH is 1. The van der Waals surface area contributed by atoms with Gasteiger partial charge in [-0.1, -0.05) is 6.92 Å². The van der Waals surface area contributed by atoms with Crippen LogP contribution in [0, 0.1) is 13.8 Å². The lowest BCUT2D eigenvalue weighted by atomic mass is 10.00. The highest BCUT2D eigenvalue weighted by atomic mass is 32.1. The summed E-state index contributed by atoms with van der Waals surface area (Å²) in [4.78, 5) is 2.72. The first kappa shape index (κ1) is 12.7. The fraction of sp³-hybridized carbons (Fsp3) is 0.667. The van der Waals surface area contributed by atoms with Gasteiger partial charge >= 0.3 is 0 Å². The van der Waals surface area contributed by atoms with Crippen molar-refractivity contribution in [2.24, 2.45) is 0 Å². The van der Waals surface area contributed by atoms with E-state index in [0.29, 0.717) is 0 Å². The average Bonchev–Trinajstić information content (AvgIpc) is 2.54. The molecule has 3 heteroatoms. The molecule has 0 fully saturated rings. The summed E-state index contributed by atoms with van der Waals surface area (Å²) in [5.74, 6) is 0. The fourth-order valence-electron chi connectivity index (χ4n) is 1.46. The summed E-state index contributed by atoms with van der Waals surface area (Å²) in [5.41, 5.74) is 1.20. The van der Waals surface area contributed by atoms with Crippen LogP contribution in [0.15, 0.2) is 6.07 Å². The number of rotatable bonds is 5. The largest absolute Gasteiger partial charge is 0.394 e. The summed E-state index contributed by atoms with van der Waals surface area (Å²) in [5, 5.41) is 12.7. The Hall–Kier alpha value is -0.380. The zero-order chi connectivity index (χ0) is 11.5. The smallest absolute Gasteiger partial charge is 0.0610 e. The summed E-state index contributed by atoms with van der Waals surface area (Å²) < 4.78 is 0. The van der Waals surface area contributed by atoms with Gasteiger partial charge in [0.1, 0.15) is 0 Å². The Kier molecular flexibility index (Phi) is 4.32.